The summed E-state index contributed by atoms with van der Waals surface area (Å²) >= 11 is 0. The third-order valence-corrected chi connectivity index (χ3v) is 4.84. The molecule has 1 aliphatic heterocycles. The number of hydrogen-bond donors (Lipinski definition) is 2. The van der Waals surface area contributed by atoms with Gasteiger partial charge in [0.2, 0.25) is 0 Å². The van der Waals surface area contributed by atoms with Gasteiger partial charge in [-0.1, -0.05) is 18.6 Å². The highest BCUT2D eigenvalue weighted by Gasteiger charge is 2.10. The van der Waals surface area contributed by atoms with E-state index in [1.807, 2.05) is 12.4 Å². The lowest BCUT2D eigenvalue weighted by atomic mass is 10.1. The lowest BCUT2D eigenvalue weighted by Crippen LogP contribution is -2.29. The Bertz CT molecular complexity index is 785. The van der Waals surface area contributed by atoms with Crippen LogP contribution < -0.4 is 5.32 Å². The van der Waals surface area contributed by atoms with Crippen LogP contribution in [0.1, 0.15) is 30.4 Å². The second-order valence-corrected chi connectivity index (χ2v) is 6.60. The number of piperidine rings is 1. The van der Waals surface area contributed by atoms with E-state index in [0.717, 1.165) is 24.4 Å². The van der Waals surface area contributed by atoms with Crippen LogP contribution in [-0.2, 0) is 13.1 Å². The topological polar surface area (TPSA) is 44.0 Å². The zero-order chi connectivity index (χ0) is 16.2. The van der Waals surface area contributed by atoms with Crippen LogP contribution in [0.5, 0.6) is 0 Å². The van der Waals surface area contributed by atoms with E-state index in [1.54, 1.807) is 0 Å². The lowest BCUT2D eigenvalue weighted by Gasteiger charge is -2.26. The molecule has 1 saturated heterocycles. The van der Waals surface area contributed by atoms with Gasteiger partial charge in [0.25, 0.3) is 0 Å². The molecule has 0 radical (unpaired) electrons. The van der Waals surface area contributed by atoms with E-state index in [0.29, 0.717) is 0 Å². The predicted molar refractivity (Wildman–Crippen MR) is 99.0 cm³/mol. The molecule has 1 fully saturated rings. The summed E-state index contributed by atoms with van der Waals surface area (Å²) in [5, 5.41) is 4.71. The van der Waals surface area contributed by atoms with Crippen LogP contribution in [0.15, 0.2) is 48.8 Å². The Morgan fingerprint density at radius 2 is 1.83 bits per heavy atom. The summed E-state index contributed by atoms with van der Waals surface area (Å²) in [5.41, 5.74) is 4.78. The van der Waals surface area contributed by atoms with Crippen LogP contribution in [0.2, 0.25) is 0 Å². The van der Waals surface area contributed by atoms with Gasteiger partial charge >= 0.3 is 0 Å². The molecule has 24 heavy (non-hydrogen) atoms. The van der Waals surface area contributed by atoms with Crippen molar-refractivity contribution in [3.05, 3.63) is 59.9 Å². The summed E-state index contributed by atoms with van der Waals surface area (Å²) in [4.78, 5) is 10.1. The molecule has 4 nitrogen and oxygen atoms in total. The number of H-pyrrole nitrogens is 1. The molecule has 2 aromatic heterocycles. The van der Waals surface area contributed by atoms with Crippen molar-refractivity contribution in [2.75, 3.05) is 18.4 Å². The number of fused-ring (bicyclic) bond motifs is 1. The Balaban J connectivity index is 1.37. The smallest absolute Gasteiger partial charge is 0.137 e. The molecular weight excluding hydrogens is 296 g/mol. The number of benzene rings is 1. The zero-order valence-corrected chi connectivity index (χ0v) is 14.0. The summed E-state index contributed by atoms with van der Waals surface area (Å²) < 4.78 is 0. The maximum Gasteiger partial charge on any atom is 0.137 e. The first-order valence-electron chi connectivity index (χ1n) is 8.85. The van der Waals surface area contributed by atoms with Gasteiger partial charge in [-0.05, 0) is 61.3 Å². The van der Waals surface area contributed by atoms with Crippen LogP contribution in [0, 0.1) is 0 Å². The fourth-order valence-corrected chi connectivity index (χ4v) is 3.47. The number of aromatic nitrogens is 2. The van der Waals surface area contributed by atoms with Crippen molar-refractivity contribution in [3.63, 3.8) is 0 Å². The molecule has 2 N–H and O–H groups in total. The molecule has 4 rings (SSSR count). The first-order valence-corrected chi connectivity index (χ1v) is 8.85. The molecule has 3 aromatic rings. The molecule has 0 amide bonds. The first kappa shape index (κ1) is 15.2. The van der Waals surface area contributed by atoms with Crippen molar-refractivity contribution >= 4 is 16.7 Å². The third kappa shape index (κ3) is 3.44. The minimum absolute atomic E-state index is 0.808. The largest absolute Gasteiger partial charge is 0.381 e. The number of anilines is 1. The van der Waals surface area contributed by atoms with Gasteiger partial charge in [0.15, 0.2) is 0 Å². The Labute approximate surface area is 142 Å². The Hall–Kier alpha value is -2.33. The normalized spacial score (nSPS) is 15.7. The van der Waals surface area contributed by atoms with E-state index in [2.05, 4.69) is 56.6 Å². The fourth-order valence-electron chi connectivity index (χ4n) is 3.47. The number of nitrogens with zero attached hydrogens (tertiary/aromatic N) is 2. The van der Waals surface area contributed by atoms with Crippen molar-refractivity contribution < 1.29 is 0 Å². The molecule has 4 heteroatoms. The van der Waals surface area contributed by atoms with E-state index in [-0.39, 0.29) is 0 Å². The highest BCUT2D eigenvalue weighted by atomic mass is 15.1. The van der Waals surface area contributed by atoms with Gasteiger partial charge in [0.05, 0.1) is 0 Å². The van der Waals surface area contributed by atoms with E-state index in [9.17, 15) is 0 Å². The summed E-state index contributed by atoms with van der Waals surface area (Å²) in [6, 6.07) is 13.0. The number of likely N-dealkylation sites (tertiary alicyclic amines) is 1. The fraction of sp³-hybridized carbons (Fsp3) is 0.350. The Kier molecular flexibility index (Phi) is 4.47. The number of hydrogen-bond acceptors (Lipinski definition) is 3. The summed E-state index contributed by atoms with van der Waals surface area (Å²) in [6.07, 6.45) is 7.88. The van der Waals surface area contributed by atoms with Crippen LogP contribution >= 0.6 is 0 Å². The summed E-state index contributed by atoms with van der Waals surface area (Å²) in [7, 11) is 0. The average molecular weight is 320 g/mol. The number of pyridine rings is 1. The molecule has 3 heterocycles. The summed E-state index contributed by atoms with van der Waals surface area (Å²) in [6.45, 7) is 4.38. The quantitative estimate of drug-likeness (QED) is 0.742. The van der Waals surface area contributed by atoms with Gasteiger partial charge in [-0.25, -0.2) is 4.98 Å². The molecule has 0 atom stereocenters. The molecule has 0 bridgehead atoms. The maximum atomic E-state index is 4.34. The molecule has 0 aliphatic carbocycles. The minimum Gasteiger partial charge on any atom is -0.381 e. The second kappa shape index (κ2) is 7.05. The Morgan fingerprint density at radius 1 is 1.00 bits per heavy atom. The summed E-state index contributed by atoms with van der Waals surface area (Å²) in [5.74, 6) is 0. The molecule has 0 unspecified atom stereocenters. The van der Waals surface area contributed by atoms with Crippen molar-refractivity contribution in [3.8, 4) is 0 Å². The highest BCUT2D eigenvalue weighted by Crippen LogP contribution is 2.18. The van der Waals surface area contributed by atoms with Crippen LogP contribution in [-0.4, -0.2) is 28.0 Å². The van der Waals surface area contributed by atoms with Crippen LogP contribution in [0.25, 0.3) is 11.0 Å². The number of rotatable bonds is 5. The van der Waals surface area contributed by atoms with Gasteiger partial charge in [0, 0.05) is 36.6 Å². The third-order valence-electron chi connectivity index (χ3n) is 4.84. The number of nitrogens with one attached hydrogen (secondary N) is 2. The molecule has 124 valence electrons. The first-order chi connectivity index (χ1) is 11.9. The molecule has 0 spiro atoms. The molecule has 0 saturated carbocycles. The molecule has 1 aromatic carbocycles. The molecule has 1 aliphatic rings. The van der Waals surface area contributed by atoms with Gasteiger partial charge in [-0.2, -0.15) is 0 Å². The molecular formula is C20H24N4. The van der Waals surface area contributed by atoms with E-state index in [1.165, 1.54) is 48.9 Å². The van der Waals surface area contributed by atoms with E-state index in [4.69, 9.17) is 0 Å². The van der Waals surface area contributed by atoms with Crippen molar-refractivity contribution in [2.45, 2.75) is 32.4 Å². The van der Waals surface area contributed by atoms with Gasteiger partial charge in [0.1, 0.15) is 5.65 Å². The highest BCUT2D eigenvalue weighted by molar-refractivity contribution is 5.79. The van der Waals surface area contributed by atoms with Gasteiger partial charge in [-0.3, -0.25) is 4.90 Å². The SMILES string of the molecule is c1cc(CNc2ccc(CN3CCCCC3)cc2)c2cc[nH]c2n1. The van der Waals surface area contributed by atoms with Crippen molar-refractivity contribution in [1.29, 1.82) is 0 Å². The predicted octanol–water partition coefficient (Wildman–Crippen LogP) is 4.16. The van der Waals surface area contributed by atoms with Crippen molar-refractivity contribution in [2.24, 2.45) is 0 Å². The van der Waals surface area contributed by atoms with Crippen molar-refractivity contribution in [1.82, 2.24) is 14.9 Å². The zero-order valence-electron chi connectivity index (χ0n) is 14.0. The van der Waals surface area contributed by atoms with Crippen LogP contribution in [0.4, 0.5) is 5.69 Å². The second-order valence-electron chi connectivity index (χ2n) is 6.60. The standard InChI is InChI=1S/C20H24N4/c1-2-12-24(13-3-1)15-16-4-6-18(7-5-16)23-14-17-8-10-21-20-19(17)9-11-22-20/h4-11,23H,1-3,12-15H2,(H,21,22). The van der Waals surface area contributed by atoms with Gasteiger partial charge in [-0.15, -0.1) is 0 Å². The maximum absolute atomic E-state index is 4.34. The monoisotopic (exact) mass is 320 g/mol. The van der Waals surface area contributed by atoms with E-state index >= 15 is 0 Å². The van der Waals surface area contributed by atoms with E-state index < -0.39 is 0 Å². The average Bonchev–Trinajstić information content (AvgIpc) is 3.11. The van der Waals surface area contributed by atoms with Crippen LogP contribution in [0.3, 0.4) is 0 Å². The lowest BCUT2D eigenvalue weighted by molar-refractivity contribution is 0.221. The Morgan fingerprint density at radius 3 is 2.67 bits per heavy atom. The number of aromatic amines is 1. The minimum atomic E-state index is 0.808. The van der Waals surface area contributed by atoms with Gasteiger partial charge < -0.3 is 10.3 Å².